The van der Waals surface area contributed by atoms with Crippen LogP contribution in [0.3, 0.4) is 0 Å². The molecule has 1 atom stereocenters. The van der Waals surface area contributed by atoms with Crippen LogP contribution in [0, 0.1) is 0 Å². The fraction of sp³-hybridized carbons (Fsp3) is 0.800. The topological polar surface area (TPSA) is 38.3 Å². The van der Waals surface area contributed by atoms with E-state index in [1.165, 1.54) is 0 Å². The van der Waals surface area contributed by atoms with E-state index in [1.807, 2.05) is 0 Å². The van der Waals surface area contributed by atoms with Crippen molar-refractivity contribution in [3.05, 3.63) is 0 Å². The number of hydrogen-bond acceptors (Lipinski definition) is 3. The summed E-state index contributed by atoms with van der Waals surface area (Å²) >= 11 is 0. The molecule has 2 radical (unpaired) electrons. The maximum atomic E-state index is 10.4. The molecule has 1 aliphatic heterocycles. The van der Waals surface area contributed by atoms with Crippen molar-refractivity contribution in [2.24, 2.45) is 0 Å². The second-order valence-corrected chi connectivity index (χ2v) is 2.09. The Labute approximate surface area is 55.2 Å². The summed E-state index contributed by atoms with van der Waals surface area (Å²) in [7, 11) is 5.11. The molecule has 1 N–H and O–H groups in total. The normalized spacial score (nSPS) is 27.6. The van der Waals surface area contributed by atoms with Crippen LogP contribution in [0.4, 0.5) is 0 Å². The van der Waals surface area contributed by atoms with Gasteiger partial charge in [-0.2, -0.15) is 0 Å². The fourth-order valence-electron chi connectivity index (χ4n) is 0.773. The quantitative estimate of drug-likeness (QED) is 0.374. The van der Waals surface area contributed by atoms with Crippen LogP contribution in [0.5, 0.6) is 0 Å². The van der Waals surface area contributed by atoms with Crippen LogP contribution in [0.15, 0.2) is 0 Å². The third-order valence-electron chi connectivity index (χ3n) is 1.38. The van der Waals surface area contributed by atoms with Gasteiger partial charge in [0.1, 0.15) is 6.61 Å². The first kappa shape index (κ1) is 6.61. The molecule has 0 bridgehead atoms. The molecular formula is C5H8BNO2. The van der Waals surface area contributed by atoms with Gasteiger partial charge in [-0.25, -0.2) is 0 Å². The fourth-order valence-corrected chi connectivity index (χ4v) is 0.773. The van der Waals surface area contributed by atoms with Crippen molar-refractivity contribution in [3.63, 3.8) is 0 Å². The Kier molecular flexibility index (Phi) is 2.11. The number of hydrogen-bond donors (Lipinski definition) is 1. The summed E-state index contributed by atoms with van der Waals surface area (Å²) in [6, 6.07) is 0.155. The van der Waals surface area contributed by atoms with Gasteiger partial charge in [-0.05, 0) is 6.42 Å². The molecule has 1 heterocycles. The molecule has 0 spiro atoms. The molecule has 3 nitrogen and oxygen atoms in total. The van der Waals surface area contributed by atoms with Crippen molar-refractivity contribution in [2.45, 2.75) is 18.9 Å². The highest BCUT2D eigenvalue weighted by atomic mass is 16.5. The van der Waals surface area contributed by atoms with Gasteiger partial charge in [-0.15, -0.1) is 0 Å². The number of nitrogens with one attached hydrogen (secondary N) is 1. The van der Waals surface area contributed by atoms with Crippen molar-refractivity contribution in [2.75, 3.05) is 6.61 Å². The van der Waals surface area contributed by atoms with E-state index in [0.29, 0.717) is 13.0 Å². The molecule has 0 aromatic heterocycles. The van der Waals surface area contributed by atoms with Gasteiger partial charge >= 0.3 is 5.97 Å². The first-order valence-corrected chi connectivity index (χ1v) is 2.94. The van der Waals surface area contributed by atoms with Gasteiger partial charge in [0.25, 0.3) is 0 Å². The third-order valence-corrected chi connectivity index (χ3v) is 1.38. The van der Waals surface area contributed by atoms with Crippen molar-refractivity contribution >= 4 is 14.0 Å². The highest BCUT2D eigenvalue weighted by Gasteiger charge is 2.16. The van der Waals surface area contributed by atoms with Gasteiger partial charge in [-0.1, -0.05) is 0 Å². The molecule has 0 aromatic carbocycles. The molecule has 0 amide bonds. The van der Waals surface area contributed by atoms with Crippen LogP contribution in [0.2, 0.25) is 0 Å². The lowest BCUT2D eigenvalue weighted by Crippen LogP contribution is -2.36. The zero-order valence-corrected chi connectivity index (χ0v) is 5.09. The van der Waals surface area contributed by atoms with Crippen LogP contribution in [0.25, 0.3) is 0 Å². The summed E-state index contributed by atoms with van der Waals surface area (Å²) in [5, 5.41) is 2.55. The van der Waals surface area contributed by atoms with Gasteiger partial charge in [0.05, 0.1) is 0 Å². The van der Waals surface area contributed by atoms with Gasteiger partial charge in [-0.3, -0.25) is 4.79 Å². The number of esters is 1. The molecule has 1 rings (SSSR count). The Morgan fingerprint density at radius 3 is 3.00 bits per heavy atom. The van der Waals surface area contributed by atoms with Crippen molar-refractivity contribution in [1.29, 1.82) is 0 Å². The molecule has 1 saturated heterocycles. The summed E-state index contributed by atoms with van der Waals surface area (Å²) < 4.78 is 4.70. The molecule has 0 aromatic rings. The van der Waals surface area contributed by atoms with Crippen LogP contribution in [0.1, 0.15) is 12.8 Å². The van der Waals surface area contributed by atoms with Crippen molar-refractivity contribution < 1.29 is 9.53 Å². The minimum atomic E-state index is -0.124. The first-order valence-electron chi connectivity index (χ1n) is 2.94. The van der Waals surface area contributed by atoms with Crippen LogP contribution < -0.4 is 5.23 Å². The van der Waals surface area contributed by atoms with E-state index in [1.54, 1.807) is 0 Å². The summed E-state index contributed by atoms with van der Waals surface area (Å²) in [5.74, 6) is -0.124. The van der Waals surface area contributed by atoms with Crippen molar-refractivity contribution in [3.8, 4) is 0 Å². The molecule has 4 heteroatoms. The Morgan fingerprint density at radius 1 is 1.78 bits per heavy atom. The van der Waals surface area contributed by atoms with E-state index in [9.17, 15) is 4.79 Å². The molecule has 0 unspecified atom stereocenters. The SMILES string of the molecule is [B]N[C@H]1CCC(=O)OC1. The lowest BCUT2D eigenvalue weighted by Gasteiger charge is -2.20. The number of ether oxygens (including phenoxy) is 1. The average Bonchev–Trinajstić information content (AvgIpc) is 1.90. The largest absolute Gasteiger partial charge is 0.464 e. The Morgan fingerprint density at radius 2 is 2.56 bits per heavy atom. The van der Waals surface area contributed by atoms with Crippen LogP contribution >= 0.6 is 0 Å². The maximum absolute atomic E-state index is 10.4. The molecule has 48 valence electrons. The summed E-state index contributed by atoms with van der Waals surface area (Å²) in [5.41, 5.74) is 0. The molecule has 0 saturated carbocycles. The lowest BCUT2D eigenvalue weighted by molar-refractivity contribution is -0.147. The van der Waals surface area contributed by atoms with E-state index in [2.05, 4.69) is 5.23 Å². The van der Waals surface area contributed by atoms with Gasteiger partial charge < -0.3 is 9.96 Å². The minimum Gasteiger partial charge on any atom is -0.464 e. The number of rotatable bonds is 1. The number of cyclic esters (lactones) is 1. The zero-order valence-electron chi connectivity index (χ0n) is 5.09. The average molecular weight is 125 g/mol. The van der Waals surface area contributed by atoms with E-state index >= 15 is 0 Å². The highest BCUT2D eigenvalue weighted by Crippen LogP contribution is 2.05. The standard InChI is InChI=1S/C5H8BNO2/c6-7-4-1-2-5(8)9-3-4/h4,7H,1-3H2/t4-/m0/s1. The monoisotopic (exact) mass is 125 g/mol. The predicted molar refractivity (Wildman–Crippen MR) is 32.9 cm³/mol. The van der Waals surface area contributed by atoms with E-state index in [0.717, 1.165) is 6.42 Å². The Bertz CT molecular complexity index is 108. The Hall–Kier alpha value is -0.505. The third kappa shape index (κ3) is 1.71. The van der Waals surface area contributed by atoms with Gasteiger partial charge in [0.15, 0.2) is 7.98 Å². The highest BCUT2D eigenvalue weighted by molar-refractivity contribution is 6.04. The smallest absolute Gasteiger partial charge is 0.305 e. The molecule has 0 aliphatic carbocycles. The maximum Gasteiger partial charge on any atom is 0.305 e. The molecule has 1 fully saturated rings. The number of carbonyl (C=O) groups is 1. The van der Waals surface area contributed by atoms with Crippen LogP contribution in [-0.4, -0.2) is 26.6 Å². The Balaban J connectivity index is 2.26. The van der Waals surface area contributed by atoms with Gasteiger partial charge in [0, 0.05) is 12.5 Å². The molecule has 1 aliphatic rings. The second kappa shape index (κ2) is 2.87. The minimum absolute atomic E-state index is 0.124. The summed E-state index contributed by atoms with van der Waals surface area (Å²) in [4.78, 5) is 10.4. The van der Waals surface area contributed by atoms with E-state index in [-0.39, 0.29) is 12.0 Å². The predicted octanol–water partition coefficient (Wildman–Crippen LogP) is -0.635. The second-order valence-electron chi connectivity index (χ2n) is 2.09. The summed E-state index contributed by atoms with van der Waals surface area (Å²) in [6.07, 6.45) is 1.27. The van der Waals surface area contributed by atoms with Crippen LogP contribution in [-0.2, 0) is 9.53 Å². The molecular weight excluding hydrogens is 117 g/mol. The van der Waals surface area contributed by atoms with E-state index < -0.39 is 0 Å². The van der Waals surface area contributed by atoms with E-state index in [4.69, 9.17) is 12.7 Å². The zero-order chi connectivity index (χ0) is 6.69. The lowest BCUT2D eigenvalue weighted by atomic mass is 10.1. The summed E-state index contributed by atoms with van der Waals surface area (Å²) in [6.45, 7) is 0.412. The van der Waals surface area contributed by atoms with Gasteiger partial charge in [0.2, 0.25) is 0 Å². The number of carbonyl (C=O) groups excluding carboxylic acids is 1. The first-order chi connectivity index (χ1) is 4.33. The molecule has 9 heavy (non-hydrogen) atoms. The van der Waals surface area contributed by atoms with Crippen molar-refractivity contribution in [1.82, 2.24) is 5.23 Å².